The SMILES string of the molecule is Cc1ccnc(C[C@@H](C)N(C)c2nc(C)nc3sccc23)c1. The van der Waals surface area contributed by atoms with Crippen LogP contribution in [0.3, 0.4) is 0 Å². The van der Waals surface area contributed by atoms with Crippen LogP contribution < -0.4 is 4.90 Å². The highest BCUT2D eigenvalue weighted by molar-refractivity contribution is 7.16. The number of likely N-dealkylation sites (N-methyl/N-ethyl adjacent to an activating group) is 1. The molecule has 0 aliphatic heterocycles. The van der Waals surface area contributed by atoms with Gasteiger partial charge in [-0.1, -0.05) is 0 Å². The van der Waals surface area contributed by atoms with Crippen LogP contribution in [0, 0.1) is 13.8 Å². The van der Waals surface area contributed by atoms with E-state index in [2.05, 4.69) is 58.3 Å². The maximum atomic E-state index is 4.65. The van der Waals surface area contributed by atoms with Crippen molar-refractivity contribution in [1.29, 1.82) is 0 Å². The van der Waals surface area contributed by atoms with Crippen LogP contribution in [0.15, 0.2) is 29.8 Å². The number of hydrogen-bond donors (Lipinski definition) is 0. The molecule has 3 heterocycles. The van der Waals surface area contributed by atoms with E-state index in [1.807, 2.05) is 19.2 Å². The Hall–Kier alpha value is -2.01. The molecule has 0 amide bonds. The Kier molecular flexibility index (Phi) is 4.07. The molecule has 5 heteroatoms. The van der Waals surface area contributed by atoms with Crippen molar-refractivity contribution in [2.24, 2.45) is 0 Å². The maximum absolute atomic E-state index is 4.65. The summed E-state index contributed by atoms with van der Waals surface area (Å²) in [5, 5.41) is 3.20. The molecule has 3 aromatic heterocycles. The minimum Gasteiger partial charge on any atom is -0.356 e. The molecule has 0 radical (unpaired) electrons. The molecule has 0 saturated carbocycles. The quantitative estimate of drug-likeness (QED) is 0.735. The van der Waals surface area contributed by atoms with Gasteiger partial charge in [0.1, 0.15) is 16.5 Å². The molecule has 0 fully saturated rings. The zero-order valence-corrected chi connectivity index (χ0v) is 14.2. The lowest BCUT2D eigenvalue weighted by molar-refractivity contribution is 0.664. The molecule has 114 valence electrons. The van der Waals surface area contributed by atoms with E-state index < -0.39 is 0 Å². The number of pyridine rings is 1. The number of rotatable bonds is 4. The molecule has 0 bridgehead atoms. The van der Waals surface area contributed by atoms with E-state index in [0.29, 0.717) is 6.04 Å². The first-order chi connectivity index (χ1) is 10.5. The van der Waals surface area contributed by atoms with Crippen molar-refractivity contribution < 1.29 is 0 Å². The fraction of sp³-hybridized carbons (Fsp3) is 0.353. The van der Waals surface area contributed by atoms with Crippen molar-refractivity contribution in [2.75, 3.05) is 11.9 Å². The average molecular weight is 312 g/mol. The van der Waals surface area contributed by atoms with Gasteiger partial charge in [0.2, 0.25) is 0 Å². The molecule has 3 rings (SSSR count). The summed E-state index contributed by atoms with van der Waals surface area (Å²) in [5.74, 6) is 1.82. The van der Waals surface area contributed by atoms with Gasteiger partial charge in [-0.25, -0.2) is 9.97 Å². The predicted molar refractivity (Wildman–Crippen MR) is 92.7 cm³/mol. The normalized spacial score (nSPS) is 12.5. The molecular weight excluding hydrogens is 292 g/mol. The summed E-state index contributed by atoms with van der Waals surface area (Å²) in [4.78, 5) is 16.9. The van der Waals surface area contributed by atoms with Gasteiger partial charge in [-0.05, 0) is 49.9 Å². The Balaban J connectivity index is 1.88. The molecule has 0 aliphatic rings. The van der Waals surface area contributed by atoms with Gasteiger partial charge in [0.15, 0.2) is 0 Å². The van der Waals surface area contributed by atoms with E-state index in [9.17, 15) is 0 Å². The van der Waals surface area contributed by atoms with Gasteiger partial charge in [0.25, 0.3) is 0 Å². The summed E-state index contributed by atoms with van der Waals surface area (Å²) < 4.78 is 0. The lowest BCUT2D eigenvalue weighted by Gasteiger charge is -2.26. The van der Waals surface area contributed by atoms with Crippen molar-refractivity contribution in [3.05, 3.63) is 46.9 Å². The van der Waals surface area contributed by atoms with Crippen molar-refractivity contribution in [2.45, 2.75) is 33.2 Å². The summed E-state index contributed by atoms with van der Waals surface area (Å²) >= 11 is 1.66. The standard InChI is InChI=1S/C17H20N4S/c1-11-5-7-18-14(9-11)10-12(2)21(4)16-15-6-8-22-17(15)20-13(3)19-16/h5-9,12H,10H2,1-4H3/t12-/m1/s1. The number of aromatic nitrogens is 3. The molecule has 0 aliphatic carbocycles. The monoisotopic (exact) mass is 312 g/mol. The second kappa shape index (κ2) is 6.01. The third kappa shape index (κ3) is 2.95. The average Bonchev–Trinajstić information content (AvgIpc) is 2.93. The van der Waals surface area contributed by atoms with Crippen molar-refractivity contribution in [1.82, 2.24) is 15.0 Å². The van der Waals surface area contributed by atoms with Gasteiger partial charge in [-0.15, -0.1) is 11.3 Å². The number of thiophene rings is 1. The molecule has 0 saturated heterocycles. The molecule has 0 unspecified atom stereocenters. The van der Waals surface area contributed by atoms with Gasteiger partial charge in [-0.2, -0.15) is 0 Å². The van der Waals surface area contributed by atoms with Crippen LogP contribution in [-0.2, 0) is 6.42 Å². The fourth-order valence-electron chi connectivity index (χ4n) is 2.57. The van der Waals surface area contributed by atoms with E-state index in [1.165, 1.54) is 5.56 Å². The van der Waals surface area contributed by atoms with Gasteiger partial charge in [0, 0.05) is 31.4 Å². The number of aryl methyl sites for hydroxylation is 2. The second-order valence-electron chi connectivity index (χ2n) is 5.72. The molecule has 0 spiro atoms. The van der Waals surface area contributed by atoms with E-state index in [4.69, 9.17) is 0 Å². The van der Waals surface area contributed by atoms with Crippen LogP contribution in [0.4, 0.5) is 5.82 Å². The Labute approximate surface area is 134 Å². The second-order valence-corrected chi connectivity index (χ2v) is 6.62. The largest absolute Gasteiger partial charge is 0.356 e. The number of anilines is 1. The molecule has 3 aromatic rings. The number of fused-ring (bicyclic) bond motifs is 1. The summed E-state index contributed by atoms with van der Waals surface area (Å²) in [6.45, 7) is 6.26. The highest BCUT2D eigenvalue weighted by Crippen LogP contribution is 2.28. The molecular formula is C17H20N4S. The van der Waals surface area contributed by atoms with Crippen LogP contribution in [0.25, 0.3) is 10.2 Å². The van der Waals surface area contributed by atoms with E-state index >= 15 is 0 Å². The lowest BCUT2D eigenvalue weighted by Crippen LogP contribution is -2.32. The highest BCUT2D eigenvalue weighted by atomic mass is 32.1. The minimum atomic E-state index is 0.312. The van der Waals surface area contributed by atoms with Gasteiger partial charge in [0.05, 0.1) is 5.39 Å². The summed E-state index contributed by atoms with van der Waals surface area (Å²) in [7, 11) is 2.10. The summed E-state index contributed by atoms with van der Waals surface area (Å²) in [5.41, 5.74) is 2.37. The zero-order chi connectivity index (χ0) is 15.7. The van der Waals surface area contributed by atoms with Crippen molar-refractivity contribution >= 4 is 27.4 Å². The van der Waals surface area contributed by atoms with Gasteiger partial charge in [-0.3, -0.25) is 4.98 Å². The Morgan fingerprint density at radius 1 is 1.23 bits per heavy atom. The van der Waals surface area contributed by atoms with E-state index in [-0.39, 0.29) is 0 Å². The van der Waals surface area contributed by atoms with Crippen LogP contribution in [-0.4, -0.2) is 28.0 Å². The smallest absolute Gasteiger partial charge is 0.141 e. The first-order valence-corrected chi connectivity index (χ1v) is 8.29. The first-order valence-electron chi connectivity index (χ1n) is 7.41. The van der Waals surface area contributed by atoms with Crippen LogP contribution in [0.2, 0.25) is 0 Å². The van der Waals surface area contributed by atoms with Crippen molar-refractivity contribution in [3.8, 4) is 0 Å². The Morgan fingerprint density at radius 2 is 2.05 bits per heavy atom. The lowest BCUT2D eigenvalue weighted by atomic mass is 10.1. The Bertz CT molecular complexity index is 796. The fourth-order valence-corrected chi connectivity index (χ4v) is 3.38. The van der Waals surface area contributed by atoms with Crippen LogP contribution in [0.5, 0.6) is 0 Å². The highest BCUT2D eigenvalue weighted by Gasteiger charge is 2.17. The van der Waals surface area contributed by atoms with Gasteiger partial charge >= 0.3 is 0 Å². The van der Waals surface area contributed by atoms with E-state index in [1.54, 1.807) is 11.3 Å². The molecule has 1 atom stereocenters. The maximum Gasteiger partial charge on any atom is 0.141 e. The minimum absolute atomic E-state index is 0.312. The molecule has 0 N–H and O–H groups in total. The third-order valence-electron chi connectivity index (χ3n) is 3.89. The Morgan fingerprint density at radius 3 is 2.82 bits per heavy atom. The summed E-state index contributed by atoms with van der Waals surface area (Å²) in [6, 6.07) is 6.59. The predicted octanol–water partition coefficient (Wildman–Crippen LogP) is 3.77. The molecule has 4 nitrogen and oxygen atoms in total. The number of nitrogens with zero attached hydrogens (tertiary/aromatic N) is 4. The molecule has 0 aromatic carbocycles. The van der Waals surface area contributed by atoms with Crippen LogP contribution in [0.1, 0.15) is 24.0 Å². The van der Waals surface area contributed by atoms with Crippen LogP contribution >= 0.6 is 11.3 Å². The topological polar surface area (TPSA) is 41.9 Å². The zero-order valence-electron chi connectivity index (χ0n) is 13.4. The van der Waals surface area contributed by atoms with Gasteiger partial charge < -0.3 is 4.90 Å². The van der Waals surface area contributed by atoms with Crippen molar-refractivity contribution in [3.63, 3.8) is 0 Å². The summed E-state index contributed by atoms with van der Waals surface area (Å²) in [6.07, 6.45) is 2.77. The number of hydrogen-bond acceptors (Lipinski definition) is 5. The molecule has 22 heavy (non-hydrogen) atoms. The van der Waals surface area contributed by atoms with E-state index in [0.717, 1.165) is 34.0 Å². The first kappa shape index (κ1) is 14.9. The third-order valence-corrected chi connectivity index (χ3v) is 4.70.